The van der Waals surface area contributed by atoms with Crippen molar-refractivity contribution >= 4 is 42.3 Å². The second-order valence-electron chi connectivity index (χ2n) is 6.78. The van der Waals surface area contributed by atoms with E-state index in [1.807, 2.05) is 0 Å². The Morgan fingerprint density at radius 3 is 1.90 bits per heavy atom. The summed E-state index contributed by atoms with van der Waals surface area (Å²) in [4.78, 5) is 59.3. The smallest absolute Gasteiger partial charge is 0.326 e. The Balaban J connectivity index is 3.03. The molecule has 0 bridgehead atoms. The third kappa shape index (κ3) is 9.05. The molecule has 31 heavy (non-hydrogen) atoms. The number of thiol groups is 1. The molecule has 0 aliphatic heterocycles. The predicted molar refractivity (Wildman–Crippen MR) is 113 cm³/mol. The molecule has 4 unspecified atom stereocenters. The number of nitrogens with one attached hydrogen (secondary N) is 3. The first-order valence-corrected chi connectivity index (χ1v) is 9.94. The molecule has 7 N–H and O–H groups in total. The maximum Gasteiger partial charge on any atom is 0.326 e. The van der Waals surface area contributed by atoms with E-state index in [-0.39, 0.29) is 12.2 Å². The number of carbonyl (C=O) groups excluding carboxylic acids is 3. The van der Waals surface area contributed by atoms with Gasteiger partial charge in [0.25, 0.3) is 0 Å². The van der Waals surface area contributed by atoms with E-state index in [2.05, 4.69) is 28.6 Å². The highest BCUT2D eigenvalue weighted by Gasteiger charge is 2.30. The van der Waals surface area contributed by atoms with Gasteiger partial charge in [-0.1, -0.05) is 30.3 Å². The van der Waals surface area contributed by atoms with E-state index in [0.29, 0.717) is 5.56 Å². The first kappa shape index (κ1) is 25.9. The van der Waals surface area contributed by atoms with Crippen LogP contribution in [-0.4, -0.2) is 69.8 Å². The molecule has 0 heterocycles. The molecule has 4 atom stereocenters. The highest BCUT2D eigenvalue weighted by atomic mass is 32.1. The molecule has 0 aliphatic carbocycles. The molecular weight excluding hydrogens is 428 g/mol. The summed E-state index contributed by atoms with van der Waals surface area (Å²) in [5.41, 5.74) is 6.14. The molecule has 0 radical (unpaired) electrons. The van der Waals surface area contributed by atoms with Gasteiger partial charge in [-0.3, -0.25) is 19.2 Å². The summed E-state index contributed by atoms with van der Waals surface area (Å²) in [6.07, 6.45) is -0.838. The summed E-state index contributed by atoms with van der Waals surface area (Å²) in [6.45, 7) is 1.43. The molecule has 0 saturated heterocycles. The summed E-state index contributed by atoms with van der Waals surface area (Å²) in [7, 11) is 0. The Labute approximate surface area is 184 Å². The molecule has 12 heteroatoms. The fraction of sp³-hybridized carbons (Fsp3) is 0.421. The van der Waals surface area contributed by atoms with Gasteiger partial charge in [0.1, 0.15) is 18.1 Å². The van der Waals surface area contributed by atoms with Crippen LogP contribution in [0.15, 0.2) is 30.3 Å². The Morgan fingerprint density at radius 1 is 0.903 bits per heavy atom. The molecule has 3 amide bonds. The van der Waals surface area contributed by atoms with Crippen molar-refractivity contribution in [2.24, 2.45) is 5.73 Å². The molecule has 0 spiro atoms. The maximum atomic E-state index is 12.7. The molecular formula is C19H26N4O7S. The number of rotatable bonds is 12. The highest BCUT2D eigenvalue weighted by Crippen LogP contribution is 2.06. The molecule has 0 aromatic heterocycles. The Morgan fingerprint density at radius 2 is 1.42 bits per heavy atom. The zero-order valence-corrected chi connectivity index (χ0v) is 17.7. The van der Waals surface area contributed by atoms with Crippen molar-refractivity contribution in [3.05, 3.63) is 35.9 Å². The van der Waals surface area contributed by atoms with Gasteiger partial charge in [-0.2, -0.15) is 12.6 Å². The highest BCUT2D eigenvalue weighted by molar-refractivity contribution is 7.80. The minimum Gasteiger partial charge on any atom is -0.481 e. The molecule has 1 rings (SSSR count). The standard InChI is InChI=1S/C19H26N4O7S/c1-10(20)16(26)23-14(9-31)18(28)21-12(7-11-5-3-2-4-6-11)17(27)22-13(19(29)30)8-15(24)25/h2-6,10,12-14,31H,7-9,20H2,1H3,(H,21,28)(H,22,27)(H,23,26)(H,24,25)(H,29,30). The number of aliphatic carboxylic acids is 2. The van der Waals surface area contributed by atoms with E-state index in [0.717, 1.165) is 0 Å². The number of hydrogen-bond donors (Lipinski definition) is 7. The zero-order chi connectivity index (χ0) is 23.6. The second kappa shape index (κ2) is 12.5. The fourth-order valence-corrected chi connectivity index (χ4v) is 2.73. The van der Waals surface area contributed by atoms with E-state index in [4.69, 9.17) is 15.9 Å². The van der Waals surface area contributed by atoms with Crippen molar-refractivity contribution in [3.63, 3.8) is 0 Å². The van der Waals surface area contributed by atoms with Gasteiger partial charge in [0, 0.05) is 12.2 Å². The van der Waals surface area contributed by atoms with Gasteiger partial charge in [0.2, 0.25) is 17.7 Å². The lowest BCUT2D eigenvalue weighted by Gasteiger charge is -2.24. The third-order valence-corrected chi connectivity index (χ3v) is 4.50. The third-order valence-electron chi connectivity index (χ3n) is 4.14. The number of nitrogens with two attached hydrogens (primary N) is 1. The SMILES string of the molecule is CC(N)C(=O)NC(CS)C(=O)NC(Cc1ccccc1)C(=O)NC(CC(=O)O)C(=O)O. The zero-order valence-electron chi connectivity index (χ0n) is 16.8. The summed E-state index contributed by atoms with van der Waals surface area (Å²) < 4.78 is 0. The van der Waals surface area contributed by atoms with Crippen molar-refractivity contribution in [1.82, 2.24) is 16.0 Å². The van der Waals surface area contributed by atoms with Crippen molar-refractivity contribution in [2.75, 3.05) is 5.75 Å². The minimum absolute atomic E-state index is 0.00163. The molecule has 170 valence electrons. The van der Waals surface area contributed by atoms with Crippen LogP contribution in [-0.2, 0) is 30.4 Å². The largest absolute Gasteiger partial charge is 0.481 e. The van der Waals surface area contributed by atoms with Crippen LogP contribution in [0.5, 0.6) is 0 Å². The van der Waals surface area contributed by atoms with Crippen LogP contribution in [0, 0.1) is 0 Å². The van der Waals surface area contributed by atoms with Crippen LogP contribution < -0.4 is 21.7 Å². The molecule has 0 aliphatic rings. The van der Waals surface area contributed by atoms with Crippen LogP contribution in [0.25, 0.3) is 0 Å². The van der Waals surface area contributed by atoms with Crippen molar-refractivity contribution in [1.29, 1.82) is 0 Å². The number of amides is 3. The van der Waals surface area contributed by atoms with Gasteiger partial charge >= 0.3 is 11.9 Å². The van der Waals surface area contributed by atoms with E-state index < -0.39 is 60.2 Å². The molecule has 11 nitrogen and oxygen atoms in total. The lowest BCUT2D eigenvalue weighted by atomic mass is 10.0. The van der Waals surface area contributed by atoms with Gasteiger partial charge in [0.15, 0.2) is 0 Å². The van der Waals surface area contributed by atoms with Gasteiger partial charge in [-0.25, -0.2) is 4.79 Å². The van der Waals surface area contributed by atoms with Crippen molar-refractivity contribution in [3.8, 4) is 0 Å². The van der Waals surface area contributed by atoms with Crippen molar-refractivity contribution < 1.29 is 34.2 Å². The second-order valence-corrected chi connectivity index (χ2v) is 7.15. The van der Waals surface area contributed by atoms with Gasteiger partial charge < -0.3 is 31.9 Å². The van der Waals surface area contributed by atoms with Crippen LogP contribution in [0.2, 0.25) is 0 Å². The maximum absolute atomic E-state index is 12.7. The number of benzene rings is 1. The predicted octanol–water partition coefficient (Wildman–Crippen LogP) is -1.48. The summed E-state index contributed by atoms with van der Waals surface area (Å²) in [5, 5.41) is 25.0. The normalized spacial score (nSPS) is 14.4. The quantitative estimate of drug-likeness (QED) is 0.186. The van der Waals surface area contributed by atoms with Crippen LogP contribution in [0.4, 0.5) is 0 Å². The fourth-order valence-electron chi connectivity index (χ4n) is 2.48. The number of carbonyl (C=O) groups is 5. The summed E-state index contributed by atoms with van der Waals surface area (Å²) in [6, 6.07) is 3.71. The Kier molecular flexibility index (Phi) is 10.5. The number of carboxylic acid groups (broad SMARTS) is 2. The first-order valence-electron chi connectivity index (χ1n) is 9.31. The summed E-state index contributed by atoms with van der Waals surface area (Å²) in [5.74, 6) is -5.23. The number of hydrogen-bond acceptors (Lipinski definition) is 7. The number of carboxylic acids is 2. The lowest BCUT2D eigenvalue weighted by molar-refractivity contribution is -0.147. The van der Waals surface area contributed by atoms with Gasteiger partial charge in [-0.15, -0.1) is 0 Å². The van der Waals surface area contributed by atoms with Gasteiger partial charge in [0.05, 0.1) is 12.5 Å². The van der Waals surface area contributed by atoms with E-state index in [1.54, 1.807) is 30.3 Å². The summed E-state index contributed by atoms with van der Waals surface area (Å²) >= 11 is 4.03. The monoisotopic (exact) mass is 454 g/mol. The molecule has 0 saturated carbocycles. The van der Waals surface area contributed by atoms with E-state index >= 15 is 0 Å². The topological polar surface area (TPSA) is 188 Å². The first-order chi connectivity index (χ1) is 14.5. The van der Waals surface area contributed by atoms with E-state index in [9.17, 15) is 24.0 Å². The Bertz CT molecular complexity index is 804. The van der Waals surface area contributed by atoms with Crippen molar-refractivity contribution in [2.45, 2.75) is 43.9 Å². The average Bonchev–Trinajstić information content (AvgIpc) is 2.70. The molecule has 1 aromatic rings. The molecule has 1 aromatic carbocycles. The van der Waals surface area contributed by atoms with Crippen LogP contribution in [0.3, 0.4) is 0 Å². The average molecular weight is 455 g/mol. The Hall–Kier alpha value is -3.12. The van der Waals surface area contributed by atoms with Crippen LogP contribution in [0.1, 0.15) is 18.9 Å². The van der Waals surface area contributed by atoms with Crippen LogP contribution >= 0.6 is 12.6 Å². The van der Waals surface area contributed by atoms with Gasteiger partial charge in [-0.05, 0) is 12.5 Å². The molecule has 0 fully saturated rings. The lowest BCUT2D eigenvalue weighted by Crippen LogP contribution is -2.58. The minimum atomic E-state index is -1.68. The van der Waals surface area contributed by atoms with E-state index in [1.165, 1.54) is 6.92 Å².